The second-order valence-electron chi connectivity index (χ2n) is 9.91. The molecule has 5 N–H and O–H groups in total. The number of aliphatic hydroxyl groups is 2. The van der Waals surface area contributed by atoms with Crippen LogP contribution in [-0.4, -0.2) is 60.9 Å². The first-order chi connectivity index (χ1) is 18.8. The number of aliphatic hydroxyl groups excluding tert-OH is 2. The fourth-order valence-corrected chi connectivity index (χ4v) is 6.18. The molecule has 1 aliphatic rings. The lowest BCUT2D eigenvalue weighted by atomic mass is 10.0. The molecule has 3 aromatic heterocycles. The zero-order valence-electron chi connectivity index (χ0n) is 22.8. The van der Waals surface area contributed by atoms with Crippen molar-refractivity contribution in [1.29, 1.82) is 0 Å². The molecule has 1 aliphatic carbocycles. The van der Waals surface area contributed by atoms with Crippen molar-refractivity contribution >= 4 is 51.6 Å². The third kappa shape index (κ3) is 5.87. The number of halogens is 1. The highest BCUT2D eigenvalue weighted by molar-refractivity contribution is 7.21. The minimum atomic E-state index is -1.19. The van der Waals surface area contributed by atoms with Crippen molar-refractivity contribution in [1.82, 2.24) is 25.3 Å². The largest absolute Gasteiger partial charge is 0.390 e. The summed E-state index contributed by atoms with van der Waals surface area (Å²) in [5, 5.41) is 31.7. The lowest BCUT2D eigenvalue weighted by Gasteiger charge is -2.22. The van der Waals surface area contributed by atoms with Crippen molar-refractivity contribution in [2.24, 2.45) is 5.92 Å². The van der Waals surface area contributed by atoms with E-state index in [4.69, 9.17) is 15.0 Å². The number of carbonyl (C=O) groups excluding carboxylic acids is 1. The van der Waals surface area contributed by atoms with Crippen molar-refractivity contribution in [3.63, 3.8) is 0 Å². The minimum Gasteiger partial charge on any atom is -0.390 e. The average molecular weight is 584 g/mol. The predicted molar refractivity (Wildman–Crippen MR) is 160 cm³/mol. The standard InChI is InChI=1S/C28H33N7O3S.ClH/c1-5-30-26(38)18-12-19(24(37)23(18)36)33-25-22(27-34-20-13-29-11-10-21(20)39-27)16(4)32-28(35-25)31-15(3)17-9-7-6-8-14(17)2;/h6-11,13,15,18-19,23-24,36-37H,5,12H2,1-4H3,(H,30,38)(H2,31,32,33,35);1H/t15-,18+,19-,23-,24+;/m1./s1. The monoisotopic (exact) mass is 583 g/mol. The van der Waals surface area contributed by atoms with Gasteiger partial charge in [0.25, 0.3) is 0 Å². The molecule has 0 bridgehead atoms. The van der Waals surface area contributed by atoms with E-state index in [0.717, 1.165) is 21.3 Å². The van der Waals surface area contributed by atoms with E-state index in [1.54, 1.807) is 12.4 Å². The van der Waals surface area contributed by atoms with Crippen LogP contribution in [0, 0.1) is 19.8 Å². The number of rotatable bonds is 8. The van der Waals surface area contributed by atoms with Gasteiger partial charge >= 0.3 is 0 Å². The molecule has 0 saturated heterocycles. The molecule has 5 rings (SSSR count). The van der Waals surface area contributed by atoms with Gasteiger partial charge in [-0.1, -0.05) is 24.3 Å². The number of amides is 1. The first-order valence-electron chi connectivity index (χ1n) is 13.1. The van der Waals surface area contributed by atoms with Crippen LogP contribution in [0.3, 0.4) is 0 Å². The highest BCUT2D eigenvalue weighted by Gasteiger charge is 2.45. The third-order valence-corrected chi connectivity index (χ3v) is 8.24. The van der Waals surface area contributed by atoms with Crippen LogP contribution in [0.5, 0.6) is 0 Å². The maximum absolute atomic E-state index is 12.5. The van der Waals surface area contributed by atoms with Crippen LogP contribution in [0.4, 0.5) is 11.8 Å². The Morgan fingerprint density at radius 2 is 1.90 bits per heavy atom. The number of hydrogen-bond acceptors (Lipinski definition) is 10. The highest BCUT2D eigenvalue weighted by Crippen LogP contribution is 2.38. The minimum absolute atomic E-state index is 0. The maximum atomic E-state index is 12.5. The molecule has 0 aliphatic heterocycles. The number of carbonyl (C=O) groups is 1. The number of hydrogen-bond donors (Lipinski definition) is 5. The number of benzene rings is 1. The Hall–Kier alpha value is -3.38. The number of fused-ring (bicyclic) bond motifs is 1. The second-order valence-corrected chi connectivity index (χ2v) is 10.9. The van der Waals surface area contributed by atoms with E-state index >= 15 is 0 Å². The first-order valence-corrected chi connectivity index (χ1v) is 13.9. The van der Waals surface area contributed by atoms with Crippen LogP contribution in [-0.2, 0) is 4.79 Å². The number of nitrogens with zero attached hydrogens (tertiary/aromatic N) is 4. The summed E-state index contributed by atoms with van der Waals surface area (Å²) >= 11 is 1.50. The number of aryl methyl sites for hydroxylation is 2. The molecule has 10 nitrogen and oxygen atoms in total. The summed E-state index contributed by atoms with van der Waals surface area (Å²) in [5.41, 5.74) is 4.47. The smallest absolute Gasteiger partial charge is 0.225 e. The van der Waals surface area contributed by atoms with Crippen molar-refractivity contribution < 1.29 is 15.0 Å². The fourth-order valence-electron chi connectivity index (χ4n) is 5.14. The van der Waals surface area contributed by atoms with Crippen molar-refractivity contribution in [3.05, 3.63) is 59.5 Å². The Morgan fingerprint density at radius 3 is 2.62 bits per heavy atom. The quantitative estimate of drug-likeness (QED) is 0.208. The zero-order chi connectivity index (χ0) is 27.7. The van der Waals surface area contributed by atoms with Crippen LogP contribution >= 0.6 is 23.7 Å². The van der Waals surface area contributed by atoms with Gasteiger partial charge in [0.2, 0.25) is 11.9 Å². The molecule has 1 aromatic carbocycles. The third-order valence-electron chi connectivity index (χ3n) is 7.19. The van der Waals surface area contributed by atoms with Gasteiger partial charge in [0.15, 0.2) is 0 Å². The molecule has 0 unspecified atom stereocenters. The molecule has 3 heterocycles. The summed E-state index contributed by atoms with van der Waals surface area (Å²) < 4.78 is 0.980. The number of aromatic nitrogens is 4. The molecule has 12 heteroatoms. The van der Waals surface area contributed by atoms with E-state index in [0.29, 0.717) is 34.6 Å². The number of anilines is 2. The Kier molecular flexibility index (Phi) is 9.19. The summed E-state index contributed by atoms with van der Waals surface area (Å²) in [7, 11) is 0. The molecule has 1 fully saturated rings. The van der Waals surface area contributed by atoms with Crippen LogP contribution in [0.15, 0.2) is 42.7 Å². The zero-order valence-corrected chi connectivity index (χ0v) is 24.4. The van der Waals surface area contributed by atoms with Gasteiger partial charge in [-0.25, -0.2) is 9.97 Å². The SMILES string of the molecule is CCNC(=O)[C@H]1C[C@@H](Nc2nc(N[C@H](C)c3ccccc3C)nc(C)c2-c2nc3cnccc3s2)[C@H](O)[C@@H]1O.Cl. The van der Waals surface area contributed by atoms with Gasteiger partial charge in [0, 0.05) is 12.7 Å². The van der Waals surface area contributed by atoms with E-state index in [2.05, 4.69) is 46.9 Å². The van der Waals surface area contributed by atoms with Crippen molar-refractivity contribution in [2.75, 3.05) is 17.2 Å². The lowest BCUT2D eigenvalue weighted by molar-refractivity contribution is -0.128. The fraction of sp³-hybridized carbons (Fsp3) is 0.393. The van der Waals surface area contributed by atoms with Crippen LogP contribution < -0.4 is 16.0 Å². The van der Waals surface area contributed by atoms with E-state index in [1.165, 1.54) is 11.3 Å². The maximum Gasteiger partial charge on any atom is 0.225 e. The van der Waals surface area contributed by atoms with Gasteiger partial charge in [-0.05, 0) is 51.3 Å². The molecule has 1 amide bonds. The van der Waals surface area contributed by atoms with Crippen LogP contribution in [0.25, 0.3) is 20.8 Å². The molecule has 212 valence electrons. The summed E-state index contributed by atoms with van der Waals surface area (Å²) in [6, 6.07) is 9.40. The molecular formula is C28H34ClN7O3S. The molecule has 5 atom stereocenters. The summed E-state index contributed by atoms with van der Waals surface area (Å²) in [6.45, 7) is 8.28. The van der Waals surface area contributed by atoms with Crippen molar-refractivity contribution in [2.45, 2.75) is 58.4 Å². The molecule has 40 heavy (non-hydrogen) atoms. The normalized spacial score (nSPS) is 21.1. The van der Waals surface area contributed by atoms with Gasteiger partial charge in [-0.3, -0.25) is 9.78 Å². The van der Waals surface area contributed by atoms with Gasteiger partial charge < -0.3 is 26.2 Å². The summed E-state index contributed by atoms with van der Waals surface area (Å²) in [5.74, 6) is -0.107. The number of thiazole rings is 1. The summed E-state index contributed by atoms with van der Waals surface area (Å²) in [4.78, 5) is 31.1. The number of pyridine rings is 1. The van der Waals surface area contributed by atoms with Gasteiger partial charge in [-0.2, -0.15) is 4.98 Å². The molecule has 4 aromatic rings. The van der Waals surface area contributed by atoms with Gasteiger partial charge in [-0.15, -0.1) is 23.7 Å². The summed E-state index contributed by atoms with van der Waals surface area (Å²) in [6.07, 6.45) is 1.36. The molecule has 0 spiro atoms. The average Bonchev–Trinajstić information content (AvgIpc) is 3.45. The van der Waals surface area contributed by atoms with Gasteiger partial charge in [0.05, 0.1) is 46.3 Å². The topological polar surface area (TPSA) is 145 Å². The second kappa shape index (κ2) is 12.4. The Labute approximate surface area is 243 Å². The molecule has 1 saturated carbocycles. The van der Waals surface area contributed by atoms with Crippen molar-refractivity contribution in [3.8, 4) is 10.6 Å². The van der Waals surface area contributed by atoms with E-state index < -0.39 is 24.2 Å². The van der Waals surface area contributed by atoms with Gasteiger partial charge in [0.1, 0.15) is 22.4 Å². The van der Waals surface area contributed by atoms with Crippen LogP contribution in [0.2, 0.25) is 0 Å². The predicted octanol–water partition coefficient (Wildman–Crippen LogP) is 4.02. The van der Waals surface area contributed by atoms with E-state index in [-0.39, 0.29) is 30.8 Å². The molecule has 0 radical (unpaired) electrons. The van der Waals surface area contributed by atoms with Crippen LogP contribution in [0.1, 0.15) is 43.1 Å². The highest BCUT2D eigenvalue weighted by atomic mass is 35.5. The Bertz CT molecular complexity index is 1470. The first kappa shape index (κ1) is 29.6. The van der Waals surface area contributed by atoms with E-state index in [1.807, 2.05) is 32.0 Å². The number of nitrogens with one attached hydrogen (secondary N) is 3. The van der Waals surface area contributed by atoms with E-state index in [9.17, 15) is 15.0 Å². The lowest BCUT2D eigenvalue weighted by Crippen LogP contribution is -2.39. The molecular weight excluding hydrogens is 550 g/mol. The Morgan fingerprint density at radius 1 is 1.12 bits per heavy atom. The Balaban J connectivity index is 0.00000370.